The second kappa shape index (κ2) is 3.53. The predicted molar refractivity (Wildman–Crippen MR) is 43.3 cm³/mol. The molecular weight excluding hydrogens is 143 g/mol. The lowest BCUT2D eigenvalue weighted by Gasteiger charge is -2.33. The summed E-state index contributed by atoms with van der Waals surface area (Å²) in [6.07, 6.45) is 2.43. The molecule has 0 aliphatic heterocycles. The van der Waals surface area contributed by atoms with Crippen molar-refractivity contribution in [1.29, 1.82) is 0 Å². The van der Waals surface area contributed by atoms with E-state index in [4.69, 9.17) is 4.74 Å². The summed E-state index contributed by atoms with van der Waals surface area (Å²) in [6, 6.07) is 0. The molecule has 2 heteroatoms. The largest absolute Gasteiger partial charge is 0.378 e. The van der Waals surface area contributed by atoms with Crippen molar-refractivity contribution in [1.82, 2.24) is 0 Å². The van der Waals surface area contributed by atoms with E-state index in [9.17, 15) is 4.39 Å². The fraction of sp³-hybridized carbons (Fsp3) is 1.00. The minimum Gasteiger partial charge on any atom is -0.378 e. The van der Waals surface area contributed by atoms with Crippen LogP contribution in [0, 0.1) is 5.92 Å². The van der Waals surface area contributed by atoms with Gasteiger partial charge in [0.05, 0.1) is 6.61 Å². The van der Waals surface area contributed by atoms with Gasteiger partial charge in [-0.1, -0.05) is 13.8 Å². The maximum atomic E-state index is 13.2. The van der Waals surface area contributed by atoms with Gasteiger partial charge in [0.15, 0.2) is 0 Å². The van der Waals surface area contributed by atoms with E-state index in [0.717, 1.165) is 6.42 Å². The molecule has 0 bridgehead atoms. The number of alkyl halides is 1. The SMILES string of the molecule is CC(C)COCC1(F)CCC1. The Kier molecular flexibility index (Phi) is 2.88. The summed E-state index contributed by atoms with van der Waals surface area (Å²) in [7, 11) is 0. The molecule has 0 aromatic heterocycles. The molecule has 1 fully saturated rings. The molecule has 0 N–H and O–H groups in total. The fourth-order valence-corrected chi connectivity index (χ4v) is 1.18. The van der Waals surface area contributed by atoms with Gasteiger partial charge < -0.3 is 4.74 Å². The third kappa shape index (κ3) is 2.78. The molecule has 0 aromatic rings. The highest BCUT2D eigenvalue weighted by Gasteiger charge is 2.37. The number of hydrogen-bond acceptors (Lipinski definition) is 1. The second-order valence-electron chi connectivity index (χ2n) is 3.91. The van der Waals surface area contributed by atoms with Crippen LogP contribution in [0.2, 0.25) is 0 Å². The molecule has 0 amide bonds. The van der Waals surface area contributed by atoms with Gasteiger partial charge in [-0.25, -0.2) is 4.39 Å². The summed E-state index contributed by atoms with van der Waals surface area (Å²) in [4.78, 5) is 0. The predicted octanol–water partition coefficient (Wildman–Crippen LogP) is 2.55. The first kappa shape index (κ1) is 8.98. The standard InChI is InChI=1S/C9H17FO/c1-8(2)6-11-7-9(10)4-3-5-9/h8H,3-7H2,1-2H3. The van der Waals surface area contributed by atoms with Crippen LogP contribution in [0.4, 0.5) is 4.39 Å². The van der Waals surface area contributed by atoms with Crippen LogP contribution < -0.4 is 0 Å². The maximum absolute atomic E-state index is 13.2. The number of hydrogen-bond donors (Lipinski definition) is 0. The molecule has 0 spiro atoms. The lowest BCUT2D eigenvalue weighted by molar-refractivity contribution is -0.0403. The zero-order valence-electron chi connectivity index (χ0n) is 7.40. The van der Waals surface area contributed by atoms with Gasteiger partial charge in [-0.3, -0.25) is 0 Å². The van der Waals surface area contributed by atoms with E-state index >= 15 is 0 Å². The Morgan fingerprint density at radius 1 is 1.45 bits per heavy atom. The van der Waals surface area contributed by atoms with Crippen molar-refractivity contribution < 1.29 is 9.13 Å². The Labute approximate surface area is 67.9 Å². The second-order valence-corrected chi connectivity index (χ2v) is 3.91. The Morgan fingerprint density at radius 3 is 2.45 bits per heavy atom. The van der Waals surface area contributed by atoms with Crippen molar-refractivity contribution in [3.63, 3.8) is 0 Å². The normalized spacial score (nSPS) is 21.8. The zero-order chi connectivity index (χ0) is 8.32. The van der Waals surface area contributed by atoms with Crippen molar-refractivity contribution >= 4 is 0 Å². The van der Waals surface area contributed by atoms with Crippen molar-refractivity contribution in [2.24, 2.45) is 5.92 Å². The van der Waals surface area contributed by atoms with Gasteiger partial charge in [0, 0.05) is 6.61 Å². The molecule has 0 atom stereocenters. The first-order valence-electron chi connectivity index (χ1n) is 4.39. The van der Waals surface area contributed by atoms with Crippen LogP contribution in [0.15, 0.2) is 0 Å². The van der Waals surface area contributed by atoms with Crippen LogP contribution in [0.5, 0.6) is 0 Å². The monoisotopic (exact) mass is 160 g/mol. The van der Waals surface area contributed by atoms with Crippen molar-refractivity contribution in [3.05, 3.63) is 0 Å². The maximum Gasteiger partial charge on any atom is 0.134 e. The quantitative estimate of drug-likeness (QED) is 0.614. The summed E-state index contributed by atoms with van der Waals surface area (Å²) in [5, 5.41) is 0. The third-order valence-electron chi connectivity index (χ3n) is 2.06. The van der Waals surface area contributed by atoms with E-state index in [0.29, 0.717) is 32.0 Å². The van der Waals surface area contributed by atoms with Gasteiger partial charge in [-0.2, -0.15) is 0 Å². The van der Waals surface area contributed by atoms with E-state index < -0.39 is 5.67 Å². The van der Waals surface area contributed by atoms with Gasteiger partial charge in [-0.05, 0) is 25.2 Å². The van der Waals surface area contributed by atoms with Gasteiger partial charge in [0.2, 0.25) is 0 Å². The Morgan fingerprint density at radius 2 is 2.09 bits per heavy atom. The first-order chi connectivity index (χ1) is 5.12. The van der Waals surface area contributed by atoms with Crippen LogP contribution >= 0.6 is 0 Å². The molecule has 0 heterocycles. The molecule has 1 nitrogen and oxygen atoms in total. The summed E-state index contributed by atoms with van der Waals surface area (Å²) in [5.74, 6) is 0.513. The minimum atomic E-state index is -0.963. The number of halogens is 1. The van der Waals surface area contributed by atoms with Crippen molar-refractivity contribution in [3.8, 4) is 0 Å². The van der Waals surface area contributed by atoms with E-state index in [1.807, 2.05) is 0 Å². The van der Waals surface area contributed by atoms with E-state index in [2.05, 4.69) is 13.8 Å². The Hall–Kier alpha value is -0.110. The highest BCUT2D eigenvalue weighted by Crippen LogP contribution is 2.35. The van der Waals surface area contributed by atoms with Gasteiger partial charge in [0.25, 0.3) is 0 Å². The highest BCUT2D eigenvalue weighted by atomic mass is 19.1. The molecule has 11 heavy (non-hydrogen) atoms. The molecule has 0 aromatic carbocycles. The molecule has 66 valence electrons. The van der Waals surface area contributed by atoms with E-state index in [1.165, 1.54) is 0 Å². The van der Waals surface area contributed by atoms with Crippen LogP contribution in [0.3, 0.4) is 0 Å². The summed E-state index contributed by atoms with van der Waals surface area (Å²) in [6.45, 7) is 5.15. The van der Waals surface area contributed by atoms with Crippen LogP contribution in [0.25, 0.3) is 0 Å². The van der Waals surface area contributed by atoms with Crippen LogP contribution in [0.1, 0.15) is 33.1 Å². The topological polar surface area (TPSA) is 9.23 Å². The Bertz CT molecular complexity index is 119. The first-order valence-corrected chi connectivity index (χ1v) is 4.39. The number of rotatable bonds is 4. The Balaban J connectivity index is 2.02. The molecule has 1 rings (SSSR count). The third-order valence-corrected chi connectivity index (χ3v) is 2.06. The molecule has 0 unspecified atom stereocenters. The zero-order valence-corrected chi connectivity index (χ0v) is 7.40. The molecule has 0 radical (unpaired) electrons. The molecule has 1 aliphatic carbocycles. The molecular formula is C9H17FO. The smallest absolute Gasteiger partial charge is 0.134 e. The molecule has 0 saturated heterocycles. The van der Waals surface area contributed by atoms with Crippen molar-refractivity contribution in [2.45, 2.75) is 38.8 Å². The minimum absolute atomic E-state index is 0.311. The number of ether oxygens (including phenoxy) is 1. The summed E-state index contributed by atoms with van der Waals surface area (Å²) >= 11 is 0. The van der Waals surface area contributed by atoms with Crippen LogP contribution in [-0.2, 0) is 4.74 Å². The van der Waals surface area contributed by atoms with Gasteiger partial charge >= 0.3 is 0 Å². The van der Waals surface area contributed by atoms with Gasteiger partial charge in [-0.15, -0.1) is 0 Å². The average molecular weight is 160 g/mol. The molecule has 1 saturated carbocycles. The highest BCUT2D eigenvalue weighted by molar-refractivity contribution is 4.87. The fourth-order valence-electron chi connectivity index (χ4n) is 1.18. The average Bonchev–Trinajstić information content (AvgIpc) is 1.83. The van der Waals surface area contributed by atoms with Gasteiger partial charge in [0.1, 0.15) is 5.67 Å². The summed E-state index contributed by atoms with van der Waals surface area (Å²) < 4.78 is 18.5. The summed E-state index contributed by atoms with van der Waals surface area (Å²) in [5.41, 5.74) is -0.963. The lowest BCUT2D eigenvalue weighted by Crippen LogP contribution is -2.37. The molecule has 1 aliphatic rings. The van der Waals surface area contributed by atoms with Crippen LogP contribution in [-0.4, -0.2) is 18.9 Å². The van der Waals surface area contributed by atoms with E-state index in [1.54, 1.807) is 0 Å². The lowest BCUT2D eigenvalue weighted by atomic mass is 9.83. The van der Waals surface area contributed by atoms with E-state index in [-0.39, 0.29) is 0 Å². The van der Waals surface area contributed by atoms with Crippen molar-refractivity contribution in [2.75, 3.05) is 13.2 Å².